The molecule has 0 aromatic heterocycles. The minimum absolute atomic E-state index is 0.0128. The molecule has 0 aliphatic rings. The number of hydrogen-bond donors (Lipinski definition) is 3. The Morgan fingerprint density at radius 3 is 0.866 bits per heavy atom. The van der Waals surface area contributed by atoms with Gasteiger partial charge in [-0.2, -0.15) is 0 Å². The van der Waals surface area contributed by atoms with Gasteiger partial charge in [0.15, 0.2) is 0 Å². The maximum absolute atomic E-state index is 12.6. The minimum atomic E-state index is -0.666. The van der Waals surface area contributed by atoms with Crippen LogP contribution < -0.4 is 5.32 Å². The van der Waals surface area contributed by atoms with Gasteiger partial charge in [0.1, 0.15) is 0 Å². The zero-order chi connectivity index (χ0) is 59.2. The molecule has 0 aliphatic carbocycles. The second-order valence-electron chi connectivity index (χ2n) is 26.0. The van der Waals surface area contributed by atoms with Gasteiger partial charge in [-0.1, -0.05) is 359 Å². The molecule has 82 heavy (non-hydrogen) atoms. The van der Waals surface area contributed by atoms with Crippen molar-refractivity contribution in [2.45, 2.75) is 437 Å². The van der Waals surface area contributed by atoms with Crippen LogP contribution in [0.25, 0.3) is 0 Å². The summed E-state index contributed by atoms with van der Waals surface area (Å²) in [5, 5.41) is 23.4. The molecule has 3 N–H and O–H groups in total. The molecule has 0 radical (unpaired) electrons. The molecule has 0 saturated heterocycles. The number of aliphatic hydroxyl groups excluding tert-OH is 2. The van der Waals surface area contributed by atoms with Gasteiger partial charge in [-0.3, -0.25) is 9.59 Å². The van der Waals surface area contributed by atoms with Gasteiger partial charge in [0.2, 0.25) is 5.91 Å². The van der Waals surface area contributed by atoms with E-state index in [1.54, 1.807) is 0 Å². The highest BCUT2D eigenvalue weighted by atomic mass is 16.5. The minimum Gasteiger partial charge on any atom is -0.466 e. The molecule has 2 atom stereocenters. The van der Waals surface area contributed by atoms with Crippen molar-refractivity contribution in [1.82, 2.24) is 5.32 Å². The lowest BCUT2D eigenvalue weighted by Gasteiger charge is -2.22. The number of ether oxygens (including phenoxy) is 1. The van der Waals surface area contributed by atoms with Gasteiger partial charge in [-0.15, -0.1) is 0 Å². The van der Waals surface area contributed by atoms with E-state index in [4.69, 9.17) is 4.74 Å². The number of carbonyl (C=O) groups is 2. The van der Waals surface area contributed by atoms with Crippen LogP contribution in [-0.4, -0.2) is 47.4 Å². The third-order valence-electron chi connectivity index (χ3n) is 17.7. The monoisotopic (exact) mass is 1150 g/mol. The molecule has 2 unspecified atom stereocenters. The summed E-state index contributed by atoms with van der Waals surface area (Å²) in [5.41, 5.74) is 0. The first-order valence-electron chi connectivity index (χ1n) is 37.6. The number of allylic oxidation sites excluding steroid dienone is 4. The van der Waals surface area contributed by atoms with Gasteiger partial charge in [0.25, 0.3) is 0 Å². The molecule has 0 fully saturated rings. The molecule has 0 spiro atoms. The summed E-state index contributed by atoms with van der Waals surface area (Å²) < 4.78 is 5.50. The summed E-state index contributed by atoms with van der Waals surface area (Å²) in [6.07, 6.45) is 91.0. The molecule has 0 aliphatic heterocycles. The highest BCUT2D eigenvalue weighted by Gasteiger charge is 2.20. The number of hydrogen-bond acceptors (Lipinski definition) is 5. The van der Waals surface area contributed by atoms with Crippen LogP contribution in [0.3, 0.4) is 0 Å². The maximum atomic E-state index is 12.6. The third kappa shape index (κ3) is 67.5. The summed E-state index contributed by atoms with van der Waals surface area (Å²) in [6.45, 7) is 4.99. The van der Waals surface area contributed by atoms with Crippen molar-refractivity contribution in [3.63, 3.8) is 0 Å². The lowest BCUT2D eigenvalue weighted by Crippen LogP contribution is -2.45. The van der Waals surface area contributed by atoms with Crippen molar-refractivity contribution in [2.24, 2.45) is 0 Å². The predicted molar refractivity (Wildman–Crippen MR) is 361 cm³/mol. The average molecular weight is 1160 g/mol. The summed E-state index contributed by atoms with van der Waals surface area (Å²) in [4.78, 5) is 24.7. The molecular formula is C76H147NO5. The van der Waals surface area contributed by atoms with Crippen LogP contribution in [-0.2, 0) is 14.3 Å². The fourth-order valence-electron chi connectivity index (χ4n) is 12.0. The molecule has 6 nitrogen and oxygen atoms in total. The third-order valence-corrected chi connectivity index (χ3v) is 17.7. The van der Waals surface area contributed by atoms with Crippen molar-refractivity contribution >= 4 is 11.9 Å². The molecule has 486 valence electrons. The summed E-state index contributed by atoms with van der Waals surface area (Å²) in [5.74, 6) is -0.0182. The van der Waals surface area contributed by atoms with Gasteiger partial charge in [0.05, 0.1) is 25.4 Å². The Bertz CT molecular complexity index is 1280. The lowest BCUT2D eigenvalue weighted by molar-refractivity contribution is -0.143. The van der Waals surface area contributed by atoms with Gasteiger partial charge < -0.3 is 20.3 Å². The Morgan fingerprint density at radius 1 is 0.329 bits per heavy atom. The number of aliphatic hydroxyl groups is 2. The van der Waals surface area contributed by atoms with E-state index in [2.05, 4.69) is 43.5 Å². The fraction of sp³-hybridized carbons (Fsp3) is 0.921. The van der Waals surface area contributed by atoms with Crippen LogP contribution in [0.5, 0.6) is 0 Å². The average Bonchev–Trinajstić information content (AvgIpc) is 3.48. The fourth-order valence-corrected chi connectivity index (χ4v) is 12.0. The van der Waals surface area contributed by atoms with E-state index >= 15 is 0 Å². The molecule has 6 heteroatoms. The summed E-state index contributed by atoms with van der Waals surface area (Å²) in [7, 11) is 0. The number of unbranched alkanes of at least 4 members (excludes halogenated alkanes) is 56. The van der Waals surface area contributed by atoms with E-state index in [-0.39, 0.29) is 18.5 Å². The molecule has 0 aromatic carbocycles. The van der Waals surface area contributed by atoms with E-state index < -0.39 is 12.1 Å². The second-order valence-corrected chi connectivity index (χ2v) is 26.0. The number of nitrogens with one attached hydrogen (secondary N) is 1. The Balaban J connectivity index is 3.38. The van der Waals surface area contributed by atoms with Gasteiger partial charge in [-0.25, -0.2) is 0 Å². The van der Waals surface area contributed by atoms with Crippen LogP contribution in [0.4, 0.5) is 0 Å². The highest BCUT2D eigenvalue weighted by Crippen LogP contribution is 2.19. The molecule has 0 heterocycles. The van der Waals surface area contributed by atoms with E-state index in [0.29, 0.717) is 25.9 Å². The van der Waals surface area contributed by atoms with Crippen molar-refractivity contribution in [1.29, 1.82) is 0 Å². The van der Waals surface area contributed by atoms with Gasteiger partial charge in [-0.05, 0) is 77.0 Å². The quantitative estimate of drug-likeness (QED) is 0.0320. The first-order chi connectivity index (χ1) is 40.5. The SMILES string of the molecule is CCCCCCCC/C=C\CCCCCCCCCC(=O)OCCCCCCCCCCCCCC/C=C\CCCCCCCCCCCCCC(=O)NC(CO)C(O)CCCCCCCCCCCCCCCCCCCCCCC. The smallest absolute Gasteiger partial charge is 0.305 e. The maximum Gasteiger partial charge on any atom is 0.305 e. The predicted octanol–water partition coefficient (Wildman–Crippen LogP) is 24.5. The Kier molecular flexibility index (Phi) is 70.4. The number of esters is 1. The van der Waals surface area contributed by atoms with Crippen LogP contribution in [0, 0.1) is 0 Å². The molecular weight excluding hydrogens is 1010 g/mol. The van der Waals surface area contributed by atoms with Crippen LogP contribution >= 0.6 is 0 Å². The molecule has 0 bridgehead atoms. The summed E-state index contributed by atoms with van der Waals surface area (Å²) in [6, 6.07) is -0.543. The van der Waals surface area contributed by atoms with Crippen molar-refractivity contribution in [3.8, 4) is 0 Å². The normalized spacial score (nSPS) is 12.6. The number of carbonyl (C=O) groups excluding carboxylic acids is 2. The van der Waals surface area contributed by atoms with E-state index in [9.17, 15) is 19.8 Å². The second kappa shape index (κ2) is 71.8. The van der Waals surface area contributed by atoms with Crippen LogP contribution in [0.2, 0.25) is 0 Å². The first kappa shape index (κ1) is 80.3. The number of rotatable bonds is 71. The highest BCUT2D eigenvalue weighted by molar-refractivity contribution is 5.76. The first-order valence-corrected chi connectivity index (χ1v) is 37.6. The zero-order valence-corrected chi connectivity index (χ0v) is 55.8. The largest absolute Gasteiger partial charge is 0.466 e. The van der Waals surface area contributed by atoms with E-state index in [1.807, 2.05) is 0 Å². The topological polar surface area (TPSA) is 95.9 Å². The van der Waals surface area contributed by atoms with Gasteiger partial charge >= 0.3 is 5.97 Å². The molecule has 0 aromatic rings. The van der Waals surface area contributed by atoms with Crippen molar-refractivity contribution in [3.05, 3.63) is 24.3 Å². The lowest BCUT2D eigenvalue weighted by atomic mass is 10.0. The van der Waals surface area contributed by atoms with Crippen molar-refractivity contribution in [2.75, 3.05) is 13.2 Å². The zero-order valence-electron chi connectivity index (χ0n) is 55.8. The standard InChI is InChI=1S/C76H147NO5/c1-3-5-7-9-11-13-15-17-19-21-22-30-33-37-40-44-48-52-56-60-64-68-74(79)73(72-78)77-75(80)69-65-61-57-53-49-45-41-38-34-31-28-26-24-23-25-27-29-32-35-39-43-47-51-55-59-63-67-71-82-76(81)70-66-62-58-54-50-46-42-36-20-18-16-14-12-10-8-6-4-2/h18,20,23-24,73-74,78-79H,3-17,19,21-22,25-72H2,1-2H3,(H,77,80)/b20-18-,24-23-. The Labute approximate surface area is 513 Å². The Hall–Kier alpha value is -1.66. The Morgan fingerprint density at radius 2 is 0.573 bits per heavy atom. The van der Waals surface area contributed by atoms with E-state index in [0.717, 1.165) is 44.9 Å². The molecule has 0 rings (SSSR count). The molecule has 1 amide bonds. The van der Waals surface area contributed by atoms with Crippen LogP contribution in [0.1, 0.15) is 425 Å². The summed E-state index contributed by atoms with van der Waals surface area (Å²) >= 11 is 0. The van der Waals surface area contributed by atoms with E-state index in [1.165, 1.54) is 347 Å². The van der Waals surface area contributed by atoms with Gasteiger partial charge in [0, 0.05) is 12.8 Å². The number of amides is 1. The van der Waals surface area contributed by atoms with Crippen LogP contribution in [0.15, 0.2) is 24.3 Å². The van der Waals surface area contributed by atoms with Crippen molar-refractivity contribution < 1.29 is 24.5 Å². The molecule has 0 saturated carbocycles.